The average Bonchev–Trinajstić information content (AvgIpc) is 2.22. The quantitative estimate of drug-likeness (QED) is 0.615. The Morgan fingerprint density at radius 2 is 1.64 bits per heavy atom. The van der Waals surface area contributed by atoms with Gasteiger partial charge in [-0.3, -0.25) is 9.59 Å². The molecule has 1 saturated heterocycles. The SMILES string of the molecule is CC(=O)CC(=O)OC(C)C(=O)OC1CC(C)(C)NC(C)(C)C1. The van der Waals surface area contributed by atoms with Crippen molar-refractivity contribution in [1.29, 1.82) is 0 Å². The van der Waals surface area contributed by atoms with Gasteiger partial charge in [0.15, 0.2) is 6.10 Å². The van der Waals surface area contributed by atoms with Crippen LogP contribution in [0.25, 0.3) is 0 Å². The van der Waals surface area contributed by atoms with Crippen molar-refractivity contribution in [3.05, 3.63) is 0 Å². The van der Waals surface area contributed by atoms with Crippen molar-refractivity contribution in [2.75, 3.05) is 0 Å². The predicted octanol–water partition coefficient (Wildman–Crippen LogP) is 1.75. The normalized spacial score (nSPS) is 21.7. The molecule has 22 heavy (non-hydrogen) atoms. The third-order valence-corrected chi connectivity index (χ3v) is 3.47. The highest BCUT2D eigenvalue weighted by Crippen LogP contribution is 2.30. The summed E-state index contributed by atoms with van der Waals surface area (Å²) in [6.45, 7) is 11.0. The standard InChI is InChI=1S/C16H27NO5/c1-10(18)7-13(19)21-11(2)14(20)22-12-8-15(3,4)17-16(5,6)9-12/h11-12,17H,7-9H2,1-6H3. The summed E-state index contributed by atoms with van der Waals surface area (Å²) in [7, 11) is 0. The number of hydrogen-bond acceptors (Lipinski definition) is 6. The smallest absolute Gasteiger partial charge is 0.347 e. The maximum Gasteiger partial charge on any atom is 0.347 e. The highest BCUT2D eigenvalue weighted by atomic mass is 16.6. The molecular formula is C16H27NO5. The van der Waals surface area contributed by atoms with E-state index in [-0.39, 0.29) is 29.4 Å². The van der Waals surface area contributed by atoms with Gasteiger partial charge in [-0.2, -0.15) is 0 Å². The molecule has 1 heterocycles. The number of Topliss-reactive ketones (excluding diaryl/α,β-unsaturated/α-hetero) is 1. The first-order valence-electron chi connectivity index (χ1n) is 7.59. The van der Waals surface area contributed by atoms with Gasteiger partial charge in [0.1, 0.15) is 18.3 Å². The van der Waals surface area contributed by atoms with Crippen LogP contribution in [0.1, 0.15) is 60.8 Å². The maximum absolute atomic E-state index is 12.0. The molecule has 0 aromatic carbocycles. The fourth-order valence-corrected chi connectivity index (χ4v) is 3.06. The van der Waals surface area contributed by atoms with Crippen molar-refractivity contribution < 1.29 is 23.9 Å². The number of hydrogen-bond donors (Lipinski definition) is 1. The molecule has 1 aliphatic rings. The van der Waals surface area contributed by atoms with Gasteiger partial charge in [0.2, 0.25) is 0 Å². The summed E-state index contributed by atoms with van der Waals surface area (Å²) in [5.74, 6) is -1.58. The number of rotatable bonds is 5. The Kier molecular flexibility index (Phi) is 5.73. The summed E-state index contributed by atoms with van der Waals surface area (Å²) < 4.78 is 10.4. The zero-order valence-corrected chi connectivity index (χ0v) is 14.3. The van der Waals surface area contributed by atoms with Crippen LogP contribution in [0, 0.1) is 0 Å². The van der Waals surface area contributed by atoms with Gasteiger partial charge in [-0.15, -0.1) is 0 Å². The maximum atomic E-state index is 12.0. The molecule has 0 amide bonds. The van der Waals surface area contributed by atoms with Crippen molar-refractivity contribution >= 4 is 17.7 Å². The molecular weight excluding hydrogens is 286 g/mol. The number of ketones is 1. The Labute approximate surface area is 131 Å². The largest absolute Gasteiger partial charge is 0.460 e. The summed E-state index contributed by atoms with van der Waals surface area (Å²) in [5, 5.41) is 3.50. The molecule has 0 saturated carbocycles. The minimum absolute atomic E-state index is 0.138. The van der Waals surface area contributed by atoms with Gasteiger partial charge in [0.25, 0.3) is 0 Å². The van der Waals surface area contributed by atoms with Gasteiger partial charge in [-0.25, -0.2) is 4.79 Å². The fraction of sp³-hybridized carbons (Fsp3) is 0.812. The van der Waals surface area contributed by atoms with E-state index in [1.165, 1.54) is 13.8 Å². The molecule has 0 bridgehead atoms. The van der Waals surface area contributed by atoms with Crippen LogP contribution in [0.3, 0.4) is 0 Å². The number of nitrogens with one attached hydrogen (secondary N) is 1. The number of esters is 2. The molecule has 0 radical (unpaired) electrons. The van der Waals surface area contributed by atoms with Gasteiger partial charge >= 0.3 is 11.9 Å². The summed E-state index contributed by atoms with van der Waals surface area (Å²) in [6.07, 6.45) is -0.182. The highest BCUT2D eigenvalue weighted by Gasteiger charge is 2.40. The van der Waals surface area contributed by atoms with Crippen LogP contribution in [0.4, 0.5) is 0 Å². The lowest BCUT2D eigenvalue weighted by Gasteiger charge is -2.46. The third kappa shape index (κ3) is 6.13. The molecule has 6 nitrogen and oxygen atoms in total. The van der Waals surface area contributed by atoms with E-state index in [1.807, 2.05) is 0 Å². The number of piperidine rings is 1. The molecule has 1 aliphatic heterocycles. The Morgan fingerprint density at radius 1 is 1.14 bits per heavy atom. The van der Waals surface area contributed by atoms with Gasteiger partial charge in [0.05, 0.1) is 0 Å². The van der Waals surface area contributed by atoms with Crippen LogP contribution in [0.2, 0.25) is 0 Å². The van der Waals surface area contributed by atoms with E-state index in [1.54, 1.807) is 0 Å². The minimum atomic E-state index is -1.01. The zero-order chi connectivity index (χ0) is 17.1. The first-order valence-corrected chi connectivity index (χ1v) is 7.59. The summed E-state index contributed by atoms with van der Waals surface area (Å²) in [5.41, 5.74) is -0.275. The summed E-state index contributed by atoms with van der Waals surface area (Å²) >= 11 is 0. The molecule has 1 atom stereocenters. The van der Waals surface area contributed by atoms with Crippen molar-refractivity contribution in [1.82, 2.24) is 5.32 Å². The molecule has 1 rings (SSSR count). The molecule has 1 fully saturated rings. The molecule has 6 heteroatoms. The first kappa shape index (κ1) is 18.6. The third-order valence-electron chi connectivity index (χ3n) is 3.47. The molecule has 0 aliphatic carbocycles. The lowest BCUT2D eigenvalue weighted by Crippen LogP contribution is -2.60. The number of ether oxygens (including phenoxy) is 2. The van der Waals surface area contributed by atoms with E-state index in [0.29, 0.717) is 12.8 Å². The second-order valence-corrected chi connectivity index (χ2v) is 7.37. The van der Waals surface area contributed by atoms with Crippen LogP contribution in [-0.2, 0) is 23.9 Å². The van der Waals surface area contributed by atoms with Crippen molar-refractivity contribution in [2.24, 2.45) is 0 Å². The lowest BCUT2D eigenvalue weighted by atomic mass is 9.81. The fourth-order valence-electron chi connectivity index (χ4n) is 3.06. The van der Waals surface area contributed by atoms with E-state index in [9.17, 15) is 14.4 Å². The molecule has 1 unspecified atom stereocenters. The van der Waals surface area contributed by atoms with Crippen LogP contribution >= 0.6 is 0 Å². The predicted molar refractivity (Wildman–Crippen MR) is 81.3 cm³/mol. The topological polar surface area (TPSA) is 81.7 Å². The van der Waals surface area contributed by atoms with Crippen molar-refractivity contribution in [3.63, 3.8) is 0 Å². The van der Waals surface area contributed by atoms with Crippen LogP contribution in [0.15, 0.2) is 0 Å². The Hall–Kier alpha value is -1.43. The molecule has 0 spiro atoms. The molecule has 0 aromatic rings. The van der Waals surface area contributed by atoms with E-state index >= 15 is 0 Å². The second-order valence-electron chi connectivity index (χ2n) is 7.37. The number of carbonyl (C=O) groups is 3. The van der Waals surface area contributed by atoms with E-state index in [4.69, 9.17) is 9.47 Å². The first-order chi connectivity index (χ1) is 9.90. The van der Waals surface area contributed by atoms with Crippen molar-refractivity contribution in [2.45, 2.75) is 84.1 Å². The highest BCUT2D eigenvalue weighted by molar-refractivity contribution is 5.94. The summed E-state index contributed by atoms with van der Waals surface area (Å²) in [4.78, 5) is 34.3. The molecule has 1 N–H and O–H groups in total. The van der Waals surface area contributed by atoms with E-state index in [0.717, 1.165) is 0 Å². The Morgan fingerprint density at radius 3 is 2.09 bits per heavy atom. The Bertz CT molecular complexity index is 439. The van der Waals surface area contributed by atoms with Gasteiger partial charge < -0.3 is 14.8 Å². The van der Waals surface area contributed by atoms with Gasteiger partial charge in [-0.05, 0) is 41.5 Å². The molecule has 126 valence electrons. The van der Waals surface area contributed by atoms with Crippen molar-refractivity contribution in [3.8, 4) is 0 Å². The lowest BCUT2D eigenvalue weighted by molar-refractivity contribution is -0.173. The van der Waals surface area contributed by atoms with Gasteiger partial charge in [0, 0.05) is 23.9 Å². The minimum Gasteiger partial charge on any atom is -0.460 e. The Balaban J connectivity index is 2.56. The van der Waals surface area contributed by atoms with E-state index in [2.05, 4.69) is 33.0 Å². The van der Waals surface area contributed by atoms with Gasteiger partial charge in [-0.1, -0.05) is 0 Å². The number of carbonyl (C=O) groups excluding carboxylic acids is 3. The average molecular weight is 313 g/mol. The van der Waals surface area contributed by atoms with Crippen LogP contribution < -0.4 is 5.32 Å². The van der Waals surface area contributed by atoms with Crippen LogP contribution in [-0.4, -0.2) is 41.0 Å². The summed E-state index contributed by atoms with van der Waals surface area (Å²) in [6, 6.07) is 0. The zero-order valence-electron chi connectivity index (χ0n) is 14.3. The second kappa shape index (κ2) is 6.77. The monoisotopic (exact) mass is 313 g/mol. The molecule has 0 aromatic heterocycles. The van der Waals surface area contributed by atoms with Crippen LogP contribution in [0.5, 0.6) is 0 Å². The van der Waals surface area contributed by atoms with E-state index < -0.39 is 18.0 Å².